The molecule has 0 spiro atoms. The fourth-order valence-corrected chi connectivity index (χ4v) is 2.15. The van der Waals surface area contributed by atoms with E-state index in [-0.39, 0.29) is 11.9 Å². The van der Waals surface area contributed by atoms with Crippen molar-refractivity contribution in [3.05, 3.63) is 42.5 Å². The molecule has 2 atom stereocenters. The molecule has 2 aromatic rings. The average molecular weight is 287 g/mol. The second-order valence-corrected chi connectivity index (χ2v) is 5.13. The highest BCUT2D eigenvalue weighted by atomic mass is 16.5. The van der Waals surface area contributed by atoms with Crippen LogP contribution in [0.5, 0.6) is 5.75 Å². The van der Waals surface area contributed by atoms with Crippen molar-refractivity contribution in [2.24, 2.45) is 0 Å². The number of carbonyl (C=O) groups is 1. The molecular weight excluding hydrogens is 266 g/mol. The maximum absolute atomic E-state index is 12.0. The predicted octanol–water partition coefficient (Wildman–Crippen LogP) is 2.76. The molecule has 0 unspecified atom stereocenters. The van der Waals surface area contributed by atoms with Gasteiger partial charge in [-0.15, -0.1) is 0 Å². The molecule has 0 aromatic heterocycles. The number of hydrogen-bond acceptors (Lipinski definition) is 3. The highest BCUT2D eigenvalue weighted by Gasteiger charge is 2.16. The lowest BCUT2D eigenvalue weighted by molar-refractivity contribution is -0.128. The number of rotatable bonds is 6. The molecule has 4 heteroatoms. The number of carbonyl (C=O) groups excluding carboxylic acids is 1. The third-order valence-electron chi connectivity index (χ3n) is 3.21. The molecule has 0 saturated carbocycles. The fraction of sp³-hybridized carbons (Fsp3) is 0.353. The van der Waals surface area contributed by atoms with Crippen molar-refractivity contribution in [3.63, 3.8) is 0 Å². The van der Waals surface area contributed by atoms with Gasteiger partial charge in [0.25, 0.3) is 5.91 Å². The van der Waals surface area contributed by atoms with Crippen molar-refractivity contribution in [1.82, 2.24) is 5.32 Å². The molecule has 1 N–H and O–H groups in total. The van der Waals surface area contributed by atoms with E-state index in [9.17, 15) is 4.79 Å². The molecule has 0 aliphatic carbocycles. The SMILES string of the molecule is COC[C@H](C)NC(=O)[C@@H](C)Oc1ccc2ccccc2c1. The van der Waals surface area contributed by atoms with E-state index in [2.05, 4.69) is 5.32 Å². The Bertz CT molecular complexity index is 612. The second-order valence-electron chi connectivity index (χ2n) is 5.13. The number of nitrogens with one attached hydrogen (secondary N) is 1. The highest BCUT2D eigenvalue weighted by molar-refractivity contribution is 5.84. The van der Waals surface area contributed by atoms with Gasteiger partial charge in [0, 0.05) is 13.2 Å². The van der Waals surface area contributed by atoms with Crippen LogP contribution in [-0.4, -0.2) is 31.8 Å². The van der Waals surface area contributed by atoms with Crippen molar-refractivity contribution >= 4 is 16.7 Å². The lowest BCUT2D eigenvalue weighted by Gasteiger charge is -2.18. The molecule has 0 fully saturated rings. The number of amides is 1. The summed E-state index contributed by atoms with van der Waals surface area (Å²) in [6.45, 7) is 4.11. The molecular formula is C17H21NO3. The third kappa shape index (κ3) is 4.20. The van der Waals surface area contributed by atoms with Gasteiger partial charge in [0.2, 0.25) is 0 Å². The normalized spacial score (nSPS) is 13.7. The van der Waals surface area contributed by atoms with E-state index in [4.69, 9.17) is 9.47 Å². The number of hydrogen-bond donors (Lipinski definition) is 1. The standard InChI is InChI=1S/C17H21NO3/c1-12(11-20-3)18-17(19)13(2)21-16-9-8-14-6-4-5-7-15(14)10-16/h4-10,12-13H,11H2,1-3H3,(H,18,19)/t12-,13+/m0/s1. The van der Waals surface area contributed by atoms with E-state index in [1.165, 1.54) is 0 Å². The number of ether oxygens (including phenoxy) is 2. The van der Waals surface area contributed by atoms with Gasteiger partial charge in [-0.25, -0.2) is 0 Å². The van der Waals surface area contributed by atoms with E-state index < -0.39 is 6.10 Å². The molecule has 2 aromatic carbocycles. The Morgan fingerprint density at radius 3 is 2.57 bits per heavy atom. The van der Waals surface area contributed by atoms with Crippen molar-refractivity contribution in [2.45, 2.75) is 26.0 Å². The summed E-state index contributed by atoms with van der Waals surface area (Å²) in [5.74, 6) is 0.545. The van der Waals surface area contributed by atoms with Gasteiger partial charge >= 0.3 is 0 Å². The van der Waals surface area contributed by atoms with Gasteiger partial charge in [-0.2, -0.15) is 0 Å². The summed E-state index contributed by atoms with van der Waals surface area (Å²) in [5, 5.41) is 5.09. The summed E-state index contributed by atoms with van der Waals surface area (Å²) in [7, 11) is 1.61. The minimum absolute atomic E-state index is 0.0369. The van der Waals surface area contributed by atoms with Gasteiger partial charge in [-0.05, 0) is 36.8 Å². The molecule has 2 rings (SSSR count). The molecule has 4 nitrogen and oxygen atoms in total. The number of fused-ring (bicyclic) bond motifs is 1. The Labute approximate surface area is 125 Å². The smallest absolute Gasteiger partial charge is 0.261 e. The minimum Gasteiger partial charge on any atom is -0.481 e. The van der Waals surface area contributed by atoms with Crippen molar-refractivity contribution in [1.29, 1.82) is 0 Å². The maximum Gasteiger partial charge on any atom is 0.261 e. The first kappa shape index (κ1) is 15.3. The number of methoxy groups -OCH3 is 1. The Kier molecular flexibility index (Phi) is 5.17. The van der Waals surface area contributed by atoms with Gasteiger partial charge in [0.15, 0.2) is 6.10 Å². The predicted molar refractivity (Wildman–Crippen MR) is 83.5 cm³/mol. The average Bonchev–Trinajstić information content (AvgIpc) is 2.47. The zero-order valence-electron chi connectivity index (χ0n) is 12.6. The molecule has 0 saturated heterocycles. The van der Waals surface area contributed by atoms with Crippen LogP contribution in [0.25, 0.3) is 10.8 Å². The summed E-state index contributed by atoms with van der Waals surface area (Å²) in [6, 6.07) is 13.8. The third-order valence-corrected chi connectivity index (χ3v) is 3.21. The first-order valence-electron chi connectivity index (χ1n) is 7.05. The zero-order chi connectivity index (χ0) is 15.2. The van der Waals surface area contributed by atoms with Crippen molar-refractivity contribution < 1.29 is 14.3 Å². The summed E-state index contributed by atoms with van der Waals surface area (Å²) >= 11 is 0. The van der Waals surface area contributed by atoms with Crippen LogP contribution >= 0.6 is 0 Å². The minimum atomic E-state index is -0.550. The Morgan fingerprint density at radius 2 is 1.86 bits per heavy atom. The molecule has 0 aliphatic rings. The summed E-state index contributed by atoms with van der Waals surface area (Å²) in [4.78, 5) is 12.0. The Morgan fingerprint density at radius 1 is 1.14 bits per heavy atom. The van der Waals surface area contributed by atoms with Crippen molar-refractivity contribution in [3.8, 4) is 5.75 Å². The van der Waals surface area contributed by atoms with Gasteiger partial charge in [0.05, 0.1) is 6.61 Å². The maximum atomic E-state index is 12.0. The molecule has 1 amide bonds. The molecule has 0 heterocycles. The summed E-state index contributed by atoms with van der Waals surface area (Å²) in [5.41, 5.74) is 0. The second kappa shape index (κ2) is 7.09. The van der Waals surface area contributed by atoms with E-state index >= 15 is 0 Å². The van der Waals surface area contributed by atoms with Crippen LogP contribution in [0.4, 0.5) is 0 Å². The van der Waals surface area contributed by atoms with Gasteiger partial charge in [0.1, 0.15) is 5.75 Å². The lowest BCUT2D eigenvalue weighted by atomic mass is 10.1. The van der Waals surface area contributed by atoms with E-state index in [1.807, 2.05) is 49.4 Å². The van der Waals surface area contributed by atoms with Gasteiger partial charge in [-0.1, -0.05) is 30.3 Å². The number of benzene rings is 2. The van der Waals surface area contributed by atoms with Crippen LogP contribution in [0.2, 0.25) is 0 Å². The topological polar surface area (TPSA) is 47.6 Å². The first-order chi connectivity index (χ1) is 10.1. The lowest BCUT2D eigenvalue weighted by Crippen LogP contribution is -2.43. The van der Waals surface area contributed by atoms with Crippen LogP contribution < -0.4 is 10.1 Å². The molecule has 112 valence electrons. The highest BCUT2D eigenvalue weighted by Crippen LogP contribution is 2.21. The van der Waals surface area contributed by atoms with Crippen molar-refractivity contribution in [2.75, 3.05) is 13.7 Å². The van der Waals surface area contributed by atoms with E-state index in [0.717, 1.165) is 10.8 Å². The van der Waals surface area contributed by atoms with Crippen LogP contribution in [0, 0.1) is 0 Å². The van der Waals surface area contributed by atoms with Gasteiger partial charge < -0.3 is 14.8 Å². The fourth-order valence-electron chi connectivity index (χ4n) is 2.15. The van der Waals surface area contributed by atoms with Crippen LogP contribution in [0.3, 0.4) is 0 Å². The van der Waals surface area contributed by atoms with Crippen LogP contribution in [0.15, 0.2) is 42.5 Å². The monoisotopic (exact) mass is 287 g/mol. The molecule has 0 bridgehead atoms. The Hall–Kier alpha value is -2.07. The molecule has 0 radical (unpaired) electrons. The summed E-state index contributed by atoms with van der Waals surface area (Å²) in [6.07, 6.45) is -0.550. The molecule has 21 heavy (non-hydrogen) atoms. The zero-order valence-corrected chi connectivity index (χ0v) is 12.6. The van der Waals surface area contributed by atoms with E-state index in [0.29, 0.717) is 12.4 Å². The quantitative estimate of drug-likeness (QED) is 0.888. The Balaban J connectivity index is 2.00. The van der Waals surface area contributed by atoms with Crippen LogP contribution in [-0.2, 0) is 9.53 Å². The molecule has 0 aliphatic heterocycles. The van der Waals surface area contributed by atoms with Gasteiger partial charge in [-0.3, -0.25) is 4.79 Å². The van der Waals surface area contributed by atoms with E-state index in [1.54, 1.807) is 14.0 Å². The van der Waals surface area contributed by atoms with Crippen LogP contribution in [0.1, 0.15) is 13.8 Å². The largest absolute Gasteiger partial charge is 0.481 e. The summed E-state index contributed by atoms with van der Waals surface area (Å²) < 4.78 is 10.7. The first-order valence-corrected chi connectivity index (χ1v) is 7.05.